The van der Waals surface area contributed by atoms with Crippen molar-refractivity contribution < 1.29 is 9.90 Å². The molecule has 1 rings (SSSR count). The molecular weight excluding hydrogens is 272 g/mol. The molecule has 3 N–H and O–H groups in total. The van der Waals surface area contributed by atoms with Gasteiger partial charge < -0.3 is 15.7 Å². The highest BCUT2D eigenvalue weighted by Gasteiger charge is 2.04. The number of phenolic OH excluding ortho intramolecular Hbond substituents is 1. The molecule has 1 unspecified atom stereocenters. The molecule has 1 amide bonds. The zero-order chi connectivity index (χ0) is 12.7. The van der Waals surface area contributed by atoms with Crippen LogP contribution in [0.25, 0.3) is 0 Å². The second kappa shape index (κ2) is 9.08. The maximum atomic E-state index is 11.5. The summed E-state index contributed by atoms with van der Waals surface area (Å²) in [7, 11) is 1.86. The lowest BCUT2D eigenvalue weighted by Gasteiger charge is -2.11. The number of aromatic hydroxyl groups is 1. The molecule has 0 fully saturated rings. The second-order valence-corrected chi connectivity index (χ2v) is 4.83. The molecule has 0 aliphatic carbocycles. The average molecular weight is 291 g/mol. The van der Waals surface area contributed by atoms with Gasteiger partial charge in [-0.1, -0.05) is 0 Å². The molecule has 0 heterocycles. The van der Waals surface area contributed by atoms with Crippen molar-refractivity contribution in [2.75, 3.05) is 19.3 Å². The summed E-state index contributed by atoms with van der Waals surface area (Å²) >= 11 is 1.45. The van der Waals surface area contributed by atoms with Crippen LogP contribution in [0.4, 0.5) is 0 Å². The fourth-order valence-electron chi connectivity index (χ4n) is 1.11. The van der Waals surface area contributed by atoms with E-state index < -0.39 is 0 Å². The molecule has 102 valence electrons. The monoisotopic (exact) mass is 290 g/mol. The van der Waals surface area contributed by atoms with E-state index in [0.717, 1.165) is 4.90 Å². The molecule has 0 saturated carbocycles. The Hall–Kier alpha value is -0.910. The van der Waals surface area contributed by atoms with Gasteiger partial charge in [-0.25, -0.2) is 0 Å². The number of thioether (sulfide) groups is 1. The van der Waals surface area contributed by atoms with E-state index in [1.54, 1.807) is 24.3 Å². The van der Waals surface area contributed by atoms with Crippen LogP contribution in [-0.2, 0) is 4.79 Å². The quantitative estimate of drug-likeness (QED) is 0.697. The number of halogens is 1. The fraction of sp³-hybridized carbons (Fsp3) is 0.417. The minimum atomic E-state index is 0. The summed E-state index contributed by atoms with van der Waals surface area (Å²) in [4.78, 5) is 12.5. The highest BCUT2D eigenvalue weighted by molar-refractivity contribution is 8.00. The van der Waals surface area contributed by atoms with Crippen LogP contribution in [-0.4, -0.2) is 36.4 Å². The van der Waals surface area contributed by atoms with Gasteiger partial charge in [-0.15, -0.1) is 24.2 Å². The molecule has 0 aliphatic rings. The lowest BCUT2D eigenvalue weighted by Crippen LogP contribution is -2.37. The molecule has 1 aromatic carbocycles. The summed E-state index contributed by atoms with van der Waals surface area (Å²) in [6.45, 7) is 2.64. The molecule has 0 bridgehead atoms. The molecule has 6 heteroatoms. The Morgan fingerprint density at radius 2 is 2.00 bits per heavy atom. The van der Waals surface area contributed by atoms with Gasteiger partial charge in [-0.05, 0) is 38.2 Å². The van der Waals surface area contributed by atoms with Crippen molar-refractivity contribution in [2.24, 2.45) is 0 Å². The standard InChI is InChI=1S/C12H18N2O2S.ClH/c1-9(13-2)7-14-12(16)8-17-11-5-3-10(15)4-6-11;/h3-6,9,13,15H,7-8H2,1-2H3,(H,14,16);1H. The molecule has 0 spiro atoms. The smallest absolute Gasteiger partial charge is 0.230 e. The van der Waals surface area contributed by atoms with E-state index in [1.165, 1.54) is 11.8 Å². The van der Waals surface area contributed by atoms with Crippen LogP contribution in [0.15, 0.2) is 29.2 Å². The maximum Gasteiger partial charge on any atom is 0.230 e. The predicted octanol–water partition coefficient (Wildman–Crippen LogP) is 1.63. The van der Waals surface area contributed by atoms with E-state index in [0.29, 0.717) is 12.3 Å². The maximum absolute atomic E-state index is 11.5. The molecule has 0 aromatic heterocycles. The summed E-state index contributed by atoms with van der Waals surface area (Å²) in [5.41, 5.74) is 0. The van der Waals surface area contributed by atoms with Crippen LogP contribution >= 0.6 is 24.2 Å². The number of nitrogens with one attached hydrogen (secondary N) is 2. The van der Waals surface area contributed by atoms with Crippen LogP contribution in [0.2, 0.25) is 0 Å². The highest BCUT2D eigenvalue weighted by atomic mass is 35.5. The Labute approximate surface area is 118 Å². The first-order chi connectivity index (χ1) is 8.11. The van der Waals surface area contributed by atoms with Crippen molar-refractivity contribution in [1.29, 1.82) is 0 Å². The zero-order valence-electron chi connectivity index (χ0n) is 10.5. The first kappa shape index (κ1) is 17.1. The first-order valence-electron chi connectivity index (χ1n) is 5.47. The van der Waals surface area contributed by atoms with Gasteiger partial charge in [0.2, 0.25) is 5.91 Å². The number of amides is 1. The number of carbonyl (C=O) groups excluding carboxylic acids is 1. The highest BCUT2D eigenvalue weighted by Crippen LogP contribution is 2.20. The number of hydrogen-bond donors (Lipinski definition) is 3. The number of rotatable bonds is 6. The molecule has 18 heavy (non-hydrogen) atoms. The normalized spacial score (nSPS) is 11.4. The van der Waals surface area contributed by atoms with E-state index in [9.17, 15) is 4.79 Å². The number of phenols is 1. The van der Waals surface area contributed by atoms with Gasteiger partial charge in [0.15, 0.2) is 0 Å². The molecular formula is C12H19ClN2O2S. The molecule has 4 nitrogen and oxygen atoms in total. The summed E-state index contributed by atoms with van der Waals surface area (Å²) in [6, 6.07) is 7.09. The van der Waals surface area contributed by atoms with E-state index in [4.69, 9.17) is 5.11 Å². The van der Waals surface area contributed by atoms with Crippen molar-refractivity contribution in [3.63, 3.8) is 0 Å². The van der Waals surface area contributed by atoms with Crippen LogP contribution in [0.3, 0.4) is 0 Å². The van der Waals surface area contributed by atoms with Crippen LogP contribution in [0.1, 0.15) is 6.92 Å². The third-order valence-corrected chi connectivity index (χ3v) is 3.32. The Bertz CT molecular complexity index is 360. The molecule has 0 aliphatic heterocycles. The first-order valence-corrected chi connectivity index (χ1v) is 6.46. The zero-order valence-corrected chi connectivity index (χ0v) is 12.1. The Balaban J connectivity index is 0.00000289. The van der Waals surface area contributed by atoms with Gasteiger partial charge in [0.05, 0.1) is 5.75 Å². The Kier molecular flexibility index (Phi) is 8.62. The minimum absolute atomic E-state index is 0. The molecule has 1 atom stereocenters. The van der Waals surface area contributed by atoms with E-state index >= 15 is 0 Å². The van der Waals surface area contributed by atoms with Crippen LogP contribution in [0, 0.1) is 0 Å². The Morgan fingerprint density at radius 1 is 1.39 bits per heavy atom. The van der Waals surface area contributed by atoms with E-state index in [1.807, 2.05) is 14.0 Å². The van der Waals surface area contributed by atoms with Crippen LogP contribution in [0.5, 0.6) is 5.75 Å². The number of benzene rings is 1. The lowest BCUT2D eigenvalue weighted by molar-refractivity contribution is -0.118. The summed E-state index contributed by atoms with van der Waals surface area (Å²) in [6.07, 6.45) is 0. The van der Waals surface area contributed by atoms with E-state index in [-0.39, 0.29) is 30.1 Å². The van der Waals surface area contributed by atoms with Crippen molar-refractivity contribution in [3.05, 3.63) is 24.3 Å². The van der Waals surface area contributed by atoms with Gasteiger partial charge in [-0.2, -0.15) is 0 Å². The van der Waals surface area contributed by atoms with Crippen molar-refractivity contribution in [1.82, 2.24) is 10.6 Å². The fourth-order valence-corrected chi connectivity index (χ4v) is 1.84. The SMILES string of the molecule is CNC(C)CNC(=O)CSc1ccc(O)cc1.Cl. The van der Waals surface area contributed by atoms with Crippen LogP contribution < -0.4 is 10.6 Å². The molecule has 1 aromatic rings. The van der Waals surface area contributed by atoms with Crippen molar-refractivity contribution in [3.8, 4) is 5.75 Å². The summed E-state index contributed by atoms with van der Waals surface area (Å²) < 4.78 is 0. The second-order valence-electron chi connectivity index (χ2n) is 3.78. The average Bonchev–Trinajstić information content (AvgIpc) is 2.35. The molecule has 0 saturated heterocycles. The lowest BCUT2D eigenvalue weighted by atomic mass is 10.3. The number of likely N-dealkylation sites (N-methyl/N-ethyl adjacent to an activating group) is 1. The Morgan fingerprint density at radius 3 is 2.56 bits per heavy atom. The third-order valence-electron chi connectivity index (χ3n) is 2.30. The van der Waals surface area contributed by atoms with Crippen molar-refractivity contribution in [2.45, 2.75) is 17.9 Å². The van der Waals surface area contributed by atoms with Gasteiger partial charge in [0.25, 0.3) is 0 Å². The number of carbonyl (C=O) groups is 1. The topological polar surface area (TPSA) is 61.4 Å². The number of hydrogen-bond acceptors (Lipinski definition) is 4. The van der Waals surface area contributed by atoms with Gasteiger partial charge in [-0.3, -0.25) is 4.79 Å². The summed E-state index contributed by atoms with van der Waals surface area (Å²) in [5.74, 6) is 0.646. The van der Waals surface area contributed by atoms with Gasteiger partial charge in [0, 0.05) is 17.5 Å². The third kappa shape index (κ3) is 6.74. The van der Waals surface area contributed by atoms with Gasteiger partial charge in [0.1, 0.15) is 5.75 Å². The predicted molar refractivity (Wildman–Crippen MR) is 77.6 cm³/mol. The van der Waals surface area contributed by atoms with E-state index in [2.05, 4.69) is 10.6 Å². The minimum Gasteiger partial charge on any atom is -0.508 e. The van der Waals surface area contributed by atoms with Crippen molar-refractivity contribution >= 4 is 30.1 Å². The van der Waals surface area contributed by atoms with Gasteiger partial charge >= 0.3 is 0 Å². The molecule has 0 radical (unpaired) electrons. The summed E-state index contributed by atoms with van der Waals surface area (Å²) in [5, 5.41) is 15.0. The largest absolute Gasteiger partial charge is 0.508 e.